The lowest BCUT2D eigenvalue weighted by atomic mass is 10.1. The van der Waals surface area contributed by atoms with Crippen LogP contribution in [0.1, 0.15) is 42.1 Å². The van der Waals surface area contributed by atoms with Crippen LogP contribution in [0.3, 0.4) is 0 Å². The highest BCUT2D eigenvalue weighted by Crippen LogP contribution is 2.26. The van der Waals surface area contributed by atoms with Crippen molar-refractivity contribution in [2.24, 2.45) is 0 Å². The Morgan fingerprint density at radius 3 is 2.52 bits per heavy atom. The third-order valence-corrected chi connectivity index (χ3v) is 3.73. The minimum absolute atomic E-state index is 0.121. The SMILES string of the molecule is CCCCCOc1ccc(C(=O)Nc2ccc(C)cc2[N+](=O)[O-])cc1. The van der Waals surface area contributed by atoms with E-state index in [1.165, 1.54) is 12.1 Å². The Morgan fingerprint density at radius 1 is 1.16 bits per heavy atom. The molecule has 1 amide bonds. The van der Waals surface area contributed by atoms with Gasteiger partial charge in [-0.25, -0.2) is 0 Å². The Hall–Kier alpha value is -2.89. The van der Waals surface area contributed by atoms with Crippen LogP contribution in [0.4, 0.5) is 11.4 Å². The molecule has 2 aromatic rings. The topological polar surface area (TPSA) is 81.5 Å². The Balaban J connectivity index is 2.03. The number of nitro benzene ring substituents is 1. The number of carbonyl (C=O) groups excluding carboxylic acids is 1. The molecule has 6 nitrogen and oxygen atoms in total. The number of nitrogens with zero attached hydrogens (tertiary/aromatic N) is 1. The van der Waals surface area contributed by atoms with Crippen LogP contribution in [0.2, 0.25) is 0 Å². The Morgan fingerprint density at radius 2 is 1.88 bits per heavy atom. The molecule has 0 atom stereocenters. The van der Waals surface area contributed by atoms with Gasteiger partial charge in [0.1, 0.15) is 11.4 Å². The van der Waals surface area contributed by atoms with Gasteiger partial charge in [-0.3, -0.25) is 14.9 Å². The second-order valence-electron chi connectivity index (χ2n) is 5.81. The standard InChI is InChI=1S/C19H22N2O4/c1-3-4-5-12-25-16-9-7-15(8-10-16)19(22)20-17-11-6-14(2)13-18(17)21(23)24/h6-11,13H,3-5,12H2,1-2H3,(H,20,22). The lowest BCUT2D eigenvalue weighted by molar-refractivity contribution is -0.384. The van der Waals surface area contributed by atoms with Gasteiger partial charge < -0.3 is 10.1 Å². The fourth-order valence-corrected chi connectivity index (χ4v) is 2.34. The van der Waals surface area contributed by atoms with Crippen LogP contribution in [-0.4, -0.2) is 17.4 Å². The normalized spacial score (nSPS) is 10.3. The van der Waals surface area contributed by atoms with Crippen molar-refractivity contribution in [3.05, 3.63) is 63.7 Å². The average Bonchev–Trinajstić information content (AvgIpc) is 2.60. The van der Waals surface area contributed by atoms with Crippen LogP contribution < -0.4 is 10.1 Å². The molecule has 0 heterocycles. The molecule has 2 aromatic carbocycles. The molecule has 0 aliphatic carbocycles. The quantitative estimate of drug-likeness (QED) is 0.427. The van der Waals surface area contributed by atoms with E-state index in [0.717, 1.165) is 24.8 Å². The third kappa shape index (κ3) is 5.31. The van der Waals surface area contributed by atoms with Crippen molar-refractivity contribution in [2.45, 2.75) is 33.1 Å². The number of unbranched alkanes of at least 4 members (excludes halogenated alkanes) is 2. The zero-order valence-corrected chi connectivity index (χ0v) is 14.5. The van der Waals surface area contributed by atoms with Crippen LogP contribution in [0.25, 0.3) is 0 Å². The second-order valence-corrected chi connectivity index (χ2v) is 5.81. The first-order chi connectivity index (χ1) is 12.0. The number of benzene rings is 2. The minimum atomic E-state index is -0.504. The van der Waals surface area contributed by atoms with Crippen LogP contribution in [0.15, 0.2) is 42.5 Å². The molecule has 0 spiro atoms. The van der Waals surface area contributed by atoms with E-state index in [1.54, 1.807) is 37.3 Å². The molecule has 2 rings (SSSR count). The summed E-state index contributed by atoms with van der Waals surface area (Å²) in [5, 5.41) is 13.7. The highest BCUT2D eigenvalue weighted by Gasteiger charge is 2.16. The van der Waals surface area contributed by atoms with Gasteiger partial charge in [0.15, 0.2) is 0 Å². The van der Waals surface area contributed by atoms with Gasteiger partial charge in [0.2, 0.25) is 0 Å². The van der Waals surface area contributed by atoms with E-state index < -0.39 is 10.8 Å². The Bertz CT molecular complexity index is 742. The maximum atomic E-state index is 12.3. The fraction of sp³-hybridized carbons (Fsp3) is 0.316. The third-order valence-electron chi connectivity index (χ3n) is 3.73. The molecular weight excluding hydrogens is 320 g/mol. The average molecular weight is 342 g/mol. The molecule has 0 aliphatic heterocycles. The molecule has 6 heteroatoms. The molecule has 25 heavy (non-hydrogen) atoms. The van der Waals surface area contributed by atoms with Crippen molar-refractivity contribution in [3.63, 3.8) is 0 Å². The van der Waals surface area contributed by atoms with Crippen molar-refractivity contribution in [1.82, 2.24) is 0 Å². The first kappa shape index (κ1) is 18.4. The van der Waals surface area contributed by atoms with Crippen molar-refractivity contribution in [2.75, 3.05) is 11.9 Å². The van der Waals surface area contributed by atoms with Crippen LogP contribution in [-0.2, 0) is 0 Å². The number of anilines is 1. The molecule has 0 fully saturated rings. The molecule has 0 aliphatic rings. The first-order valence-electron chi connectivity index (χ1n) is 8.30. The smallest absolute Gasteiger partial charge is 0.293 e. The van der Waals surface area contributed by atoms with Gasteiger partial charge in [0, 0.05) is 11.6 Å². The number of carbonyl (C=O) groups is 1. The summed E-state index contributed by atoms with van der Waals surface area (Å²) >= 11 is 0. The van der Waals surface area contributed by atoms with E-state index >= 15 is 0 Å². The van der Waals surface area contributed by atoms with Gasteiger partial charge in [-0.05, 0) is 49.2 Å². The Kier molecular flexibility index (Phi) is 6.51. The van der Waals surface area contributed by atoms with Gasteiger partial charge >= 0.3 is 0 Å². The summed E-state index contributed by atoms with van der Waals surface area (Å²) in [6, 6.07) is 11.4. The number of nitrogens with one attached hydrogen (secondary N) is 1. The highest BCUT2D eigenvalue weighted by atomic mass is 16.6. The number of amides is 1. The van der Waals surface area contributed by atoms with E-state index in [2.05, 4.69) is 12.2 Å². The Labute approximate surface area is 147 Å². The molecule has 1 N–H and O–H groups in total. The molecule has 0 unspecified atom stereocenters. The predicted molar refractivity (Wildman–Crippen MR) is 97.2 cm³/mol. The summed E-state index contributed by atoms with van der Waals surface area (Å²) in [4.78, 5) is 22.9. The maximum absolute atomic E-state index is 12.3. The molecule has 0 aromatic heterocycles. The van der Waals surface area contributed by atoms with Crippen LogP contribution in [0, 0.1) is 17.0 Å². The molecule has 0 radical (unpaired) electrons. The minimum Gasteiger partial charge on any atom is -0.494 e. The van der Waals surface area contributed by atoms with E-state index in [4.69, 9.17) is 4.74 Å². The largest absolute Gasteiger partial charge is 0.494 e. The number of ether oxygens (including phenoxy) is 1. The van der Waals surface area contributed by atoms with E-state index in [-0.39, 0.29) is 11.4 Å². The first-order valence-corrected chi connectivity index (χ1v) is 8.30. The zero-order chi connectivity index (χ0) is 18.2. The predicted octanol–water partition coefficient (Wildman–Crippen LogP) is 4.72. The van der Waals surface area contributed by atoms with E-state index in [0.29, 0.717) is 17.9 Å². The molecule has 0 saturated heterocycles. The monoisotopic (exact) mass is 342 g/mol. The lowest BCUT2D eigenvalue weighted by Gasteiger charge is -2.08. The fourth-order valence-electron chi connectivity index (χ4n) is 2.34. The summed E-state index contributed by atoms with van der Waals surface area (Å²) in [5.74, 6) is 0.304. The van der Waals surface area contributed by atoms with Gasteiger partial charge in [0.05, 0.1) is 11.5 Å². The number of rotatable bonds is 8. The number of hydrogen-bond acceptors (Lipinski definition) is 4. The molecule has 0 bridgehead atoms. The number of nitro groups is 1. The summed E-state index contributed by atoms with van der Waals surface area (Å²) in [6.07, 6.45) is 3.25. The van der Waals surface area contributed by atoms with Gasteiger partial charge in [-0.2, -0.15) is 0 Å². The molecular formula is C19H22N2O4. The van der Waals surface area contributed by atoms with Crippen LogP contribution in [0.5, 0.6) is 5.75 Å². The van der Waals surface area contributed by atoms with E-state index in [1.807, 2.05) is 0 Å². The molecule has 0 saturated carbocycles. The lowest BCUT2D eigenvalue weighted by Crippen LogP contribution is -2.13. The van der Waals surface area contributed by atoms with Gasteiger partial charge in [-0.1, -0.05) is 25.8 Å². The van der Waals surface area contributed by atoms with Crippen molar-refractivity contribution in [1.29, 1.82) is 0 Å². The summed E-state index contributed by atoms with van der Waals surface area (Å²) in [7, 11) is 0. The van der Waals surface area contributed by atoms with Crippen molar-refractivity contribution in [3.8, 4) is 5.75 Å². The van der Waals surface area contributed by atoms with Crippen molar-refractivity contribution >= 4 is 17.3 Å². The van der Waals surface area contributed by atoms with Gasteiger partial charge in [-0.15, -0.1) is 0 Å². The number of hydrogen-bond donors (Lipinski definition) is 1. The van der Waals surface area contributed by atoms with E-state index in [9.17, 15) is 14.9 Å². The summed E-state index contributed by atoms with van der Waals surface area (Å²) < 4.78 is 5.60. The summed E-state index contributed by atoms with van der Waals surface area (Å²) in [5.41, 5.74) is 1.23. The number of aryl methyl sites for hydroxylation is 1. The summed E-state index contributed by atoms with van der Waals surface area (Å²) in [6.45, 7) is 4.54. The highest BCUT2D eigenvalue weighted by molar-refractivity contribution is 6.05. The van der Waals surface area contributed by atoms with Crippen molar-refractivity contribution < 1.29 is 14.5 Å². The van der Waals surface area contributed by atoms with Crippen LogP contribution >= 0.6 is 0 Å². The van der Waals surface area contributed by atoms with Gasteiger partial charge in [0.25, 0.3) is 11.6 Å². The maximum Gasteiger partial charge on any atom is 0.293 e. The second kappa shape index (κ2) is 8.82. The molecule has 132 valence electrons. The zero-order valence-electron chi connectivity index (χ0n) is 14.5.